The van der Waals surface area contributed by atoms with Gasteiger partial charge in [-0.3, -0.25) is 4.79 Å². The zero-order valence-corrected chi connectivity index (χ0v) is 13.2. The summed E-state index contributed by atoms with van der Waals surface area (Å²) in [5.41, 5.74) is 0. The van der Waals surface area contributed by atoms with Gasteiger partial charge in [0.05, 0.1) is 18.8 Å². The molecule has 0 heterocycles. The van der Waals surface area contributed by atoms with Crippen molar-refractivity contribution >= 4 is 5.91 Å². The molecule has 0 rings (SSSR count). The lowest BCUT2D eigenvalue weighted by atomic mass is 10.0. The van der Waals surface area contributed by atoms with E-state index in [1.54, 1.807) is 0 Å². The average molecular weight is 287 g/mol. The minimum Gasteiger partial charge on any atom is -0.394 e. The summed E-state index contributed by atoms with van der Waals surface area (Å²) >= 11 is 0. The van der Waals surface area contributed by atoms with Crippen LogP contribution in [-0.2, 0) is 4.79 Å². The van der Waals surface area contributed by atoms with Crippen LogP contribution in [0.3, 0.4) is 0 Å². The normalized spacial score (nSPS) is 14.0. The third kappa shape index (κ3) is 12.4. The Morgan fingerprint density at radius 2 is 1.60 bits per heavy atom. The van der Waals surface area contributed by atoms with Gasteiger partial charge in [0, 0.05) is 6.92 Å². The fourth-order valence-corrected chi connectivity index (χ4v) is 2.43. The number of carbonyl (C=O) groups excluding carboxylic acids is 1. The second-order valence-electron chi connectivity index (χ2n) is 5.73. The zero-order chi connectivity index (χ0) is 15.2. The van der Waals surface area contributed by atoms with E-state index in [0.717, 1.165) is 19.3 Å². The Hall–Kier alpha value is -0.610. The van der Waals surface area contributed by atoms with Gasteiger partial charge in [-0.05, 0) is 12.8 Å². The van der Waals surface area contributed by atoms with E-state index in [1.807, 2.05) is 0 Å². The molecule has 4 nitrogen and oxygen atoms in total. The van der Waals surface area contributed by atoms with Gasteiger partial charge in [-0.2, -0.15) is 0 Å². The SMILES string of the molecule is CCCCCCCCCCC(O)CC(CO)NC(C)=O. The van der Waals surface area contributed by atoms with Gasteiger partial charge in [-0.1, -0.05) is 58.3 Å². The average Bonchev–Trinajstić information content (AvgIpc) is 2.40. The summed E-state index contributed by atoms with van der Waals surface area (Å²) in [4.78, 5) is 10.9. The number of aliphatic hydroxyl groups excluding tert-OH is 2. The molecule has 0 saturated carbocycles. The van der Waals surface area contributed by atoms with Gasteiger partial charge in [0.25, 0.3) is 0 Å². The first-order valence-corrected chi connectivity index (χ1v) is 8.16. The molecule has 20 heavy (non-hydrogen) atoms. The van der Waals surface area contributed by atoms with E-state index in [0.29, 0.717) is 6.42 Å². The second kappa shape index (κ2) is 13.4. The highest BCUT2D eigenvalue weighted by atomic mass is 16.3. The summed E-state index contributed by atoms with van der Waals surface area (Å²) in [7, 11) is 0. The number of unbranched alkanes of at least 4 members (excludes halogenated alkanes) is 7. The Balaban J connectivity index is 3.47. The van der Waals surface area contributed by atoms with E-state index in [4.69, 9.17) is 5.11 Å². The first-order valence-electron chi connectivity index (χ1n) is 8.16. The Bertz CT molecular complexity index is 234. The molecule has 0 aliphatic heterocycles. The topological polar surface area (TPSA) is 69.6 Å². The number of rotatable bonds is 13. The number of hydrogen-bond acceptors (Lipinski definition) is 3. The fourth-order valence-electron chi connectivity index (χ4n) is 2.43. The smallest absolute Gasteiger partial charge is 0.217 e. The predicted molar refractivity (Wildman–Crippen MR) is 82.5 cm³/mol. The molecule has 0 spiro atoms. The standard InChI is InChI=1S/C16H33NO3/c1-3-4-5-6-7-8-9-10-11-16(20)12-15(13-18)17-14(2)19/h15-16,18,20H,3-13H2,1-2H3,(H,17,19). The Morgan fingerprint density at radius 3 is 2.10 bits per heavy atom. The van der Waals surface area contributed by atoms with Crippen LogP contribution >= 0.6 is 0 Å². The molecule has 0 fully saturated rings. The lowest BCUT2D eigenvalue weighted by Crippen LogP contribution is -2.38. The van der Waals surface area contributed by atoms with E-state index >= 15 is 0 Å². The van der Waals surface area contributed by atoms with Gasteiger partial charge < -0.3 is 15.5 Å². The molecule has 120 valence electrons. The van der Waals surface area contributed by atoms with Crippen molar-refractivity contribution in [3.63, 3.8) is 0 Å². The van der Waals surface area contributed by atoms with Gasteiger partial charge >= 0.3 is 0 Å². The van der Waals surface area contributed by atoms with Crippen molar-refractivity contribution in [1.82, 2.24) is 5.32 Å². The van der Waals surface area contributed by atoms with Crippen LogP contribution in [0.5, 0.6) is 0 Å². The third-order valence-electron chi connectivity index (χ3n) is 3.58. The van der Waals surface area contributed by atoms with Crippen molar-refractivity contribution in [3.05, 3.63) is 0 Å². The molecule has 3 N–H and O–H groups in total. The van der Waals surface area contributed by atoms with Crippen molar-refractivity contribution in [2.24, 2.45) is 0 Å². The van der Waals surface area contributed by atoms with Crippen LogP contribution in [0.15, 0.2) is 0 Å². The Labute approximate surface area is 124 Å². The van der Waals surface area contributed by atoms with Crippen LogP contribution in [0, 0.1) is 0 Å². The van der Waals surface area contributed by atoms with Crippen molar-refractivity contribution in [1.29, 1.82) is 0 Å². The first-order chi connectivity index (χ1) is 9.60. The van der Waals surface area contributed by atoms with E-state index < -0.39 is 6.10 Å². The van der Waals surface area contributed by atoms with Crippen molar-refractivity contribution in [2.75, 3.05) is 6.61 Å². The van der Waals surface area contributed by atoms with Gasteiger partial charge in [0.15, 0.2) is 0 Å². The highest BCUT2D eigenvalue weighted by Crippen LogP contribution is 2.12. The second-order valence-corrected chi connectivity index (χ2v) is 5.73. The maximum Gasteiger partial charge on any atom is 0.217 e. The monoisotopic (exact) mass is 287 g/mol. The summed E-state index contributed by atoms with van der Waals surface area (Å²) in [5, 5.41) is 21.6. The van der Waals surface area contributed by atoms with Crippen LogP contribution in [0.2, 0.25) is 0 Å². The molecule has 0 aromatic rings. The highest BCUT2D eigenvalue weighted by molar-refractivity contribution is 5.73. The van der Waals surface area contributed by atoms with E-state index in [1.165, 1.54) is 45.4 Å². The molecule has 0 aromatic carbocycles. The first kappa shape index (κ1) is 19.4. The lowest BCUT2D eigenvalue weighted by molar-refractivity contribution is -0.120. The summed E-state index contributed by atoms with van der Waals surface area (Å²) in [5.74, 6) is -0.164. The van der Waals surface area contributed by atoms with Gasteiger partial charge in [-0.25, -0.2) is 0 Å². The van der Waals surface area contributed by atoms with Crippen molar-refractivity contribution in [3.8, 4) is 0 Å². The minimum atomic E-state index is -0.431. The Morgan fingerprint density at radius 1 is 1.05 bits per heavy atom. The maximum absolute atomic E-state index is 10.9. The molecular weight excluding hydrogens is 254 g/mol. The van der Waals surface area contributed by atoms with Gasteiger partial charge in [0.2, 0.25) is 5.91 Å². The quantitative estimate of drug-likeness (QED) is 0.456. The summed E-state index contributed by atoms with van der Waals surface area (Å²) in [6.45, 7) is 3.53. The molecule has 0 aliphatic carbocycles. The molecule has 2 atom stereocenters. The molecule has 4 heteroatoms. The summed E-state index contributed by atoms with van der Waals surface area (Å²) in [6.07, 6.45) is 10.8. The van der Waals surface area contributed by atoms with Crippen LogP contribution in [0.1, 0.15) is 78.1 Å². The number of amides is 1. The van der Waals surface area contributed by atoms with Crippen LogP contribution in [-0.4, -0.2) is 34.9 Å². The van der Waals surface area contributed by atoms with E-state index in [-0.39, 0.29) is 18.6 Å². The van der Waals surface area contributed by atoms with Crippen molar-refractivity contribution < 1.29 is 15.0 Å². The molecule has 0 saturated heterocycles. The minimum absolute atomic E-state index is 0.117. The van der Waals surface area contributed by atoms with E-state index in [9.17, 15) is 9.90 Å². The maximum atomic E-state index is 10.9. The van der Waals surface area contributed by atoms with Gasteiger partial charge in [-0.15, -0.1) is 0 Å². The summed E-state index contributed by atoms with van der Waals surface area (Å²) in [6, 6.07) is -0.323. The van der Waals surface area contributed by atoms with Crippen LogP contribution < -0.4 is 5.32 Å². The van der Waals surface area contributed by atoms with Crippen molar-refractivity contribution in [2.45, 2.75) is 90.2 Å². The Kier molecular flexibility index (Phi) is 13.0. The molecule has 1 amide bonds. The molecule has 2 unspecified atom stereocenters. The van der Waals surface area contributed by atoms with Crippen LogP contribution in [0.4, 0.5) is 0 Å². The third-order valence-corrected chi connectivity index (χ3v) is 3.58. The number of hydrogen-bond donors (Lipinski definition) is 3. The number of aliphatic hydroxyl groups is 2. The summed E-state index contributed by atoms with van der Waals surface area (Å²) < 4.78 is 0. The van der Waals surface area contributed by atoms with E-state index in [2.05, 4.69) is 12.2 Å². The zero-order valence-electron chi connectivity index (χ0n) is 13.2. The number of carbonyl (C=O) groups is 1. The van der Waals surface area contributed by atoms with Crippen LogP contribution in [0.25, 0.3) is 0 Å². The fraction of sp³-hybridized carbons (Fsp3) is 0.938. The highest BCUT2D eigenvalue weighted by Gasteiger charge is 2.14. The largest absolute Gasteiger partial charge is 0.394 e. The lowest BCUT2D eigenvalue weighted by Gasteiger charge is -2.18. The molecule has 0 radical (unpaired) electrons. The predicted octanol–water partition coefficient (Wildman–Crippen LogP) is 2.77. The molecule has 0 aromatic heterocycles. The number of nitrogens with one attached hydrogen (secondary N) is 1. The molecule has 0 aliphatic rings. The molecule has 0 bridgehead atoms. The van der Waals surface area contributed by atoms with Gasteiger partial charge in [0.1, 0.15) is 0 Å². The molecular formula is C16H33NO3.